The van der Waals surface area contributed by atoms with E-state index in [0.29, 0.717) is 27.3 Å². The number of amides is 3. The maximum atomic E-state index is 12.0. The van der Waals surface area contributed by atoms with Gasteiger partial charge in [-0.3, -0.25) is 9.59 Å². The smallest absolute Gasteiger partial charge is 0.329 e. The summed E-state index contributed by atoms with van der Waals surface area (Å²) >= 11 is 3.35. The second-order valence-electron chi connectivity index (χ2n) is 4.56. The van der Waals surface area contributed by atoms with Crippen LogP contribution in [-0.4, -0.2) is 41.1 Å². The molecule has 8 heteroatoms. The van der Waals surface area contributed by atoms with Crippen LogP contribution in [0.2, 0.25) is 0 Å². The molecule has 1 aromatic carbocycles. The van der Waals surface area contributed by atoms with Gasteiger partial charge in [-0.05, 0) is 39.7 Å². The van der Waals surface area contributed by atoms with E-state index in [1.165, 1.54) is 6.08 Å². The average Bonchev–Trinajstić information content (AvgIpc) is 2.74. The molecule has 2 rings (SSSR count). The number of hydrogen-bond donors (Lipinski definition) is 2. The minimum Gasteiger partial charge on any atom is -0.488 e. The van der Waals surface area contributed by atoms with Gasteiger partial charge in [0.15, 0.2) is 0 Å². The molecule has 23 heavy (non-hydrogen) atoms. The third kappa shape index (κ3) is 3.98. The Labute approximate surface area is 140 Å². The van der Waals surface area contributed by atoms with Crippen molar-refractivity contribution in [2.75, 3.05) is 13.2 Å². The van der Waals surface area contributed by atoms with Crippen LogP contribution in [-0.2, 0) is 9.59 Å². The third-order valence-corrected chi connectivity index (χ3v) is 3.50. The van der Waals surface area contributed by atoms with Gasteiger partial charge in [0.25, 0.3) is 5.91 Å². The van der Waals surface area contributed by atoms with Crippen molar-refractivity contribution in [3.63, 3.8) is 0 Å². The summed E-state index contributed by atoms with van der Waals surface area (Å²) in [5.41, 5.74) is 0.659. The van der Waals surface area contributed by atoms with E-state index in [1.807, 2.05) is 0 Å². The molecule has 7 nitrogen and oxygen atoms in total. The number of benzene rings is 1. The fraction of sp³-hybridized carbons (Fsp3) is 0.133. The summed E-state index contributed by atoms with van der Waals surface area (Å²) in [7, 11) is 0. The zero-order valence-corrected chi connectivity index (χ0v) is 13.5. The molecular weight excluding hydrogens is 368 g/mol. The molecule has 1 saturated heterocycles. The molecule has 2 N–H and O–H groups in total. The number of carbonyl (C=O) groups is 3. The van der Waals surface area contributed by atoms with E-state index >= 15 is 0 Å². The van der Waals surface area contributed by atoms with Crippen LogP contribution in [0.15, 0.2) is 41.0 Å². The summed E-state index contributed by atoms with van der Waals surface area (Å²) in [6.07, 6.45) is 3.08. The Morgan fingerprint density at radius 3 is 2.78 bits per heavy atom. The predicted octanol–water partition coefficient (Wildman–Crippen LogP) is 1.99. The van der Waals surface area contributed by atoms with Crippen molar-refractivity contribution in [3.05, 3.63) is 46.6 Å². The normalized spacial score (nSPS) is 15.7. The largest absolute Gasteiger partial charge is 0.488 e. The van der Waals surface area contributed by atoms with Gasteiger partial charge in [0, 0.05) is 0 Å². The Bertz CT molecular complexity index is 714. The molecule has 1 heterocycles. The van der Waals surface area contributed by atoms with Crippen molar-refractivity contribution in [3.8, 4) is 5.75 Å². The quantitative estimate of drug-likeness (QED) is 0.446. The summed E-state index contributed by atoms with van der Waals surface area (Å²) < 4.78 is 6.09. The Morgan fingerprint density at radius 1 is 1.43 bits per heavy atom. The summed E-state index contributed by atoms with van der Waals surface area (Å²) in [5.74, 6) is -1.33. The Balaban J connectivity index is 2.20. The number of ether oxygens (including phenoxy) is 1. The average molecular weight is 381 g/mol. The number of nitrogens with one attached hydrogen (secondary N) is 1. The molecule has 0 unspecified atom stereocenters. The zero-order chi connectivity index (χ0) is 17.0. The molecule has 120 valence electrons. The molecule has 1 aromatic rings. The summed E-state index contributed by atoms with van der Waals surface area (Å²) in [5, 5.41) is 11.1. The van der Waals surface area contributed by atoms with Crippen LogP contribution in [0.25, 0.3) is 6.08 Å². The molecular formula is C15H13BrN2O5. The van der Waals surface area contributed by atoms with Gasteiger partial charge in [0.1, 0.15) is 24.6 Å². The van der Waals surface area contributed by atoms with E-state index in [0.717, 1.165) is 0 Å². The van der Waals surface area contributed by atoms with Gasteiger partial charge >= 0.3 is 12.0 Å². The van der Waals surface area contributed by atoms with Gasteiger partial charge < -0.3 is 15.2 Å². The number of imide groups is 1. The number of carbonyl (C=O) groups excluding carboxylic acids is 2. The van der Waals surface area contributed by atoms with Crippen molar-refractivity contribution >= 4 is 39.9 Å². The first-order valence-electron chi connectivity index (χ1n) is 6.52. The van der Waals surface area contributed by atoms with Crippen LogP contribution < -0.4 is 10.1 Å². The van der Waals surface area contributed by atoms with Crippen LogP contribution in [0, 0.1) is 0 Å². The number of halogens is 1. The van der Waals surface area contributed by atoms with Gasteiger partial charge in [-0.1, -0.05) is 18.7 Å². The lowest BCUT2D eigenvalue weighted by Crippen LogP contribution is -2.35. The van der Waals surface area contributed by atoms with Gasteiger partial charge in [0.2, 0.25) is 0 Å². The first-order chi connectivity index (χ1) is 10.9. The number of nitrogens with zero attached hydrogens (tertiary/aromatic N) is 1. The molecule has 0 bridgehead atoms. The highest BCUT2D eigenvalue weighted by Crippen LogP contribution is 2.27. The fourth-order valence-corrected chi connectivity index (χ4v) is 2.40. The van der Waals surface area contributed by atoms with Crippen molar-refractivity contribution < 1.29 is 24.2 Å². The van der Waals surface area contributed by atoms with Crippen molar-refractivity contribution in [1.29, 1.82) is 0 Å². The Morgan fingerprint density at radius 2 is 2.17 bits per heavy atom. The summed E-state index contributed by atoms with van der Waals surface area (Å²) in [4.78, 5) is 34.9. The number of carboxylic acid groups (broad SMARTS) is 1. The highest BCUT2D eigenvalue weighted by Gasteiger charge is 2.34. The van der Waals surface area contributed by atoms with Gasteiger partial charge in [-0.15, -0.1) is 0 Å². The Hall–Kier alpha value is -2.61. The molecule has 1 fully saturated rings. The molecule has 0 aromatic heterocycles. The summed E-state index contributed by atoms with van der Waals surface area (Å²) in [6.45, 7) is 3.24. The molecule has 0 aliphatic carbocycles. The number of aliphatic carboxylic acids is 1. The van der Waals surface area contributed by atoms with E-state index in [9.17, 15) is 14.4 Å². The standard InChI is InChI=1S/C15H13BrN2O5/c1-2-5-23-12-4-3-9(6-10(12)16)7-11-14(21)18(8-13(19)20)15(22)17-11/h2-4,6-7H,1,5,8H2,(H,17,22)(H,19,20)/b11-7+. The minimum absolute atomic E-state index is 0.0166. The van der Waals surface area contributed by atoms with Crippen molar-refractivity contribution in [2.45, 2.75) is 0 Å². The first-order valence-corrected chi connectivity index (χ1v) is 7.31. The highest BCUT2D eigenvalue weighted by atomic mass is 79.9. The number of carboxylic acids is 1. The molecule has 0 saturated carbocycles. The van der Waals surface area contributed by atoms with Gasteiger partial charge in [0.05, 0.1) is 4.47 Å². The lowest BCUT2D eigenvalue weighted by molar-refractivity contribution is -0.140. The zero-order valence-electron chi connectivity index (χ0n) is 11.9. The monoisotopic (exact) mass is 380 g/mol. The van der Waals surface area contributed by atoms with E-state index in [4.69, 9.17) is 9.84 Å². The van der Waals surface area contributed by atoms with Crippen LogP contribution in [0.3, 0.4) is 0 Å². The lowest BCUT2D eigenvalue weighted by atomic mass is 10.2. The first kappa shape index (κ1) is 16.8. The van der Waals surface area contributed by atoms with Crippen LogP contribution in [0.1, 0.15) is 5.56 Å². The maximum absolute atomic E-state index is 12.0. The van der Waals surface area contributed by atoms with E-state index in [1.54, 1.807) is 24.3 Å². The second-order valence-corrected chi connectivity index (χ2v) is 5.42. The third-order valence-electron chi connectivity index (χ3n) is 2.88. The number of hydrogen-bond acceptors (Lipinski definition) is 4. The molecule has 1 aliphatic rings. The molecule has 1 aliphatic heterocycles. The van der Waals surface area contributed by atoms with E-state index in [2.05, 4.69) is 27.8 Å². The van der Waals surface area contributed by atoms with Crippen LogP contribution in [0.4, 0.5) is 4.79 Å². The fourth-order valence-electron chi connectivity index (χ4n) is 1.89. The predicted molar refractivity (Wildman–Crippen MR) is 85.7 cm³/mol. The molecule has 0 atom stereocenters. The number of urea groups is 1. The van der Waals surface area contributed by atoms with Crippen molar-refractivity contribution in [2.24, 2.45) is 0 Å². The molecule has 0 radical (unpaired) electrons. The topological polar surface area (TPSA) is 95.9 Å². The van der Waals surface area contributed by atoms with E-state index < -0.39 is 24.5 Å². The Kier molecular flexibility index (Phi) is 5.17. The molecule has 0 spiro atoms. The van der Waals surface area contributed by atoms with Gasteiger partial charge in [-0.2, -0.15) is 0 Å². The van der Waals surface area contributed by atoms with E-state index in [-0.39, 0.29) is 5.70 Å². The SMILES string of the molecule is C=CCOc1ccc(/C=C2/NC(=O)N(CC(=O)O)C2=O)cc1Br. The van der Waals surface area contributed by atoms with Crippen molar-refractivity contribution in [1.82, 2.24) is 10.2 Å². The summed E-state index contributed by atoms with van der Waals surface area (Å²) in [6, 6.07) is 4.37. The van der Waals surface area contributed by atoms with Crippen LogP contribution >= 0.6 is 15.9 Å². The maximum Gasteiger partial charge on any atom is 0.329 e. The minimum atomic E-state index is -1.26. The lowest BCUT2D eigenvalue weighted by Gasteiger charge is -2.07. The molecule has 3 amide bonds. The second kappa shape index (κ2) is 7.10. The number of rotatable bonds is 6. The van der Waals surface area contributed by atoms with Gasteiger partial charge in [-0.25, -0.2) is 9.69 Å². The highest BCUT2D eigenvalue weighted by molar-refractivity contribution is 9.10. The van der Waals surface area contributed by atoms with Crippen LogP contribution in [0.5, 0.6) is 5.75 Å².